The molecule has 3 rings (SSSR count). The third-order valence-corrected chi connectivity index (χ3v) is 4.25. The van der Waals surface area contributed by atoms with Gasteiger partial charge in [0.05, 0.1) is 0 Å². The highest BCUT2D eigenvalue weighted by atomic mass is 35.5. The van der Waals surface area contributed by atoms with Crippen LogP contribution in [0.5, 0.6) is 0 Å². The average Bonchev–Trinajstić information content (AvgIpc) is 3.04. The number of nitrogens with one attached hydrogen (secondary N) is 1. The van der Waals surface area contributed by atoms with Crippen LogP contribution in [0.15, 0.2) is 34.9 Å². The highest BCUT2D eigenvalue weighted by Crippen LogP contribution is 2.23. The van der Waals surface area contributed by atoms with Gasteiger partial charge in [-0.15, -0.1) is 0 Å². The molecule has 1 aliphatic heterocycles. The largest absolute Gasteiger partial charge is 0.350 e. The zero-order valence-electron chi connectivity index (χ0n) is 12.4. The van der Waals surface area contributed by atoms with Crippen LogP contribution in [-0.4, -0.2) is 42.1 Å². The second-order valence-corrected chi connectivity index (χ2v) is 5.92. The third-order valence-electron chi connectivity index (χ3n) is 4.02. The van der Waals surface area contributed by atoms with Gasteiger partial charge in [0.25, 0.3) is 5.91 Å². The molecule has 116 valence electrons. The van der Waals surface area contributed by atoms with E-state index in [1.807, 2.05) is 19.2 Å². The number of nitrogens with zero attached hydrogens (tertiary/aromatic N) is 2. The molecule has 1 saturated heterocycles. The van der Waals surface area contributed by atoms with Crippen molar-refractivity contribution >= 4 is 17.5 Å². The minimum absolute atomic E-state index is 0.132. The van der Waals surface area contributed by atoms with Crippen molar-refractivity contribution < 1.29 is 9.32 Å². The zero-order valence-corrected chi connectivity index (χ0v) is 13.1. The first-order valence-corrected chi connectivity index (χ1v) is 7.73. The van der Waals surface area contributed by atoms with Crippen molar-refractivity contribution in [1.29, 1.82) is 0 Å². The van der Waals surface area contributed by atoms with Crippen molar-refractivity contribution in [2.75, 3.05) is 20.1 Å². The molecule has 0 aliphatic carbocycles. The summed E-state index contributed by atoms with van der Waals surface area (Å²) in [5, 5.41) is 7.90. The van der Waals surface area contributed by atoms with Gasteiger partial charge in [0, 0.05) is 29.7 Å². The summed E-state index contributed by atoms with van der Waals surface area (Å²) in [5.41, 5.74) is 1.45. The highest BCUT2D eigenvalue weighted by Gasteiger charge is 2.25. The van der Waals surface area contributed by atoms with Gasteiger partial charge in [-0.1, -0.05) is 28.9 Å². The van der Waals surface area contributed by atoms with E-state index in [4.69, 9.17) is 16.1 Å². The van der Waals surface area contributed by atoms with Gasteiger partial charge in [0.15, 0.2) is 0 Å². The lowest BCUT2D eigenvalue weighted by Crippen LogP contribution is -2.43. The lowest BCUT2D eigenvalue weighted by atomic mass is 10.1. The summed E-state index contributed by atoms with van der Waals surface area (Å²) < 4.78 is 5.23. The molecule has 6 heteroatoms. The molecule has 0 radical (unpaired) electrons. The molecular formula is C16H18ClN3O2. The van der Waals surface area contributed by atoms with Crippen molar-refractivity contribution in [1.82, 2.24) is 15.4 Å². The standard InChI is InChI=1S/C16H18ClN3O2/c1-20(13-5-7-18-8-6-13)16(21)15-10-14(19-22-15)11-3-2-4-12(17)9-11/h2-4,9-10,13,18H,5-8H2,1H3. The number of carbonyl (C=O) groups excluding carboxylic acids is 1. The lowest BCUT2D eigenvalue weighted by Gasteiger charge is -2.30. The van der Waals surface area contributed by atoms with Gasteiger partial charge in [-0.05, 0) is 38.1 Å². The van der Waals surface area contributed by atoms with Crippen LogP contribution in [0.4, 0.5) is 0 Å². The number of halogens is 1. The Labute approximate surface area is 134 Å². The van der Waals surface area contributed by atoms with E-state index >= 15 is 0 Å². The van der Waals surface area contributed by atoms with Crippen LogP contribution < -0.4 is 5.32 Å². The van der Waals surface area contributed by atoms with E-state index < -0.39 is 0 Å². The Hall–Kier alpha value is -1.85. The minimum atomic E-state index is -0.132. The Balaban J connectivity index is 1.76. The highest BCUT2D eigenvalue weighted by molar-refractivity contribution is 6.30. The Morgan fingerprint density at radius 1 is 1.36 bits per heavy atom. The maximum Gasteiger partial charge on any atom is 0.292 e. The van der Waals surface area contributed by atoms with E-state index in [1.54, 1.807) is 23.1 Å². The Morgan fingerprint density at radius 3 is 2.86 bits per heavy atom. The van der Waals surface area contributed by atoms with E-state index in [0.717, 1.165) is 31.5 Å². The first-order chi connectivity index (χ1) is 10.6. The van der Waals surface area contributed by atoms with Crippen molar-refractivity contribution in [3.05, 3.63) is 41.1 Å². The van der Waals surface area contributed by atoms with Gasteiger partial charge >= 0.3 is 0 Å². The van der Waals surface area contributed by atoms with Crippen molar-refractivity contribution in [3.8, 4) is 11.3 Å². The number of carbonyl (C=O) groups is 1. The molecule has 1 fully saturated rings. The fraction of sp³-hybridized carbons (Fsp3) is 0.375. The summed E-state index contributed by atoms with van der Waals surface area (Å²) >= 11 is 5.98. The summed E-state index contributed by atoms with van der Waals surface area (Å²) in [6.45, 7) is 1.87. The smallest absolute Gasteiger partial charge is 0.292 e. The Morgan fingerprint density at radius 2 is 2.14 bits per heavy atom. The van der Waals surface area contributed by atoms with E-state index in [-0.39, 0.29) is 17.7 Å². The topological polar surface area (TPSA) is 58.4 Å². The quantitative estimate of drug-likeness (QED) is 0.945. The Kier molecular flexibility index (Phi) is 4.45. The number of hydrogen-bond acceptors (Lipinski definition) is 4. The van der Waals surface area contributed by atoms with Crippen LogP contribution >= 0.6 is 11.6 Å². The average molecular weight is 320 g/mol. The van der Waals surface area contributed by atoms with Gasteiger partial charge in [-0.3, -0.25) is 4.79 Å². The van der Waals surface area contributed by atoms with Crippen LogP contribution in [0.2, 0.25) is 5.02 Å². The SMILES string of the molecule is CN(C(=O)c1cc(-c2cccc(Cl)c2)no1)C1CCNCC1. The molecule has 2 heterocycles. The predicted molar refractivity (Wildman–Crippen MR) is 84.9 cm³/mol. The number of amides is 1. The van der Waals surface area contributed by atoms with E-state index in [0.29, 0.717) is 10.7 Å². The molecule has 2 aromatic rings. The first-order valence-electron chi connectivity index (χ1n) is 7.35. The van der Waals surface area contributed by atoms with E-state index in [2.05, 4.69) is 10.5 Å². The first kappa shape index (κ1) is 15.1. The van der Waals surface area contributed by atoms with Crippen LogP contribution in [0.1, 0.15) is 23.4 Å². The molecule has 5 nitrogen and oxygen atoms in total. The normalized spacial score (nSPS) is 15.7. The molecule has 0 saturated carbocycles. The third kappa shape index (κ3) is 3.15. The summed E-state index contributed by atoms with van der Waals surface area (Å²) in [5.74, 6) is 0.128. The fourth-order valence-corrected chi connectivity index (χ4v) is 2.88. The van der Waals surface area contributed by atoms with Gasteiger partial charge < -0.3 is 14.7 Å². The van der Waals surface area contributed by atoms with Gasteiger partial charge in [0.1, 0.15) is 5.69 Å². The van der Waals surface area contributed by atoms with Gasteiger partial charge in [-0.25, -0.2) is 0 Å². The number of aromatic nitrogens is 1. The number of hydrogen-bond donors (Lipinski definition) is 1. The predicted octanol–water partition coefficient (Wildman–Crippen LogP) is 2.82. The zero-order chi connectivity index (χ0) is 15.5. The molecule has 22 heavy (non-hydrogen) atoms. The number of rotatable bonds is 3. The second kappa shape index (κ2) is 6.50. The molecule has 0 unspecified atom stereocenters. The summed E-state index contributed by atoms with van der Waals surface area (Å²) in [7, 11) is 1.82. The molecule has 1 aromatic carbocycles. The maximum absolute atomic E-state index is 12.5. The van der Waals surface area contributed by atoms with Crippen molar-refractivity contribution in [2.45, 2.75) is 18.9 Å². The van der Waals surface area contributed by atoms with Crippen molar-refractivity contribution in [3.63, 3.8) is 0 Å². The molecule has 1 amide bonds. The van der Waals surface area contributed by atoms with Crippen LogP contribution in [-0.2, 0) is 0 Å². The van der Waals surface area contributed by atoms with Crippen LogP contribution in [0.25, 0.3) is 11.3 Å². The summed E-state index contributed by atoms with van der Waals surface area (Å²) in [6.07, 6.45) is 1.91. The fourth-order valence-electron chi connectivity index (χ4n) is 2.69. The molecule has 0 atom stereocenters. The second-order valence-electron chi connectivity index (χ2n) is 5.48. The molecule has 1 aromatic heterocycles. The van der Waals surface area contributed by atoms with E-state index in [9.17, 15) is 4.79 Å². The Bertz CT molecular complexity index is 665. The number of benzene rings is 1. The van der Waals surface area contributed by atoms with Gasteiger partial charge in [-0.2, -0.15) is 0 Å². The van der Waals surface area contributed by atoms with Crippen molar-refractivity contribution in [2.24, 2.45) is 0 Å². The molecule has 0 spiro atoms. The maximum atomic E-state index is 12.5. The summed E-state index contributed by atoms with van der Waals surface area (Å²) in [6, 6.07) is 9.23. The molecule has 1 aliphatic rings. The monoisotopic (exact) mass is 319 g/mol. The van der Waals surface area contributed by atoms with E-state index in [1.165, 1.54) is 0 Å². The number of piperidine rings is 1. The molecule has 0 bridgehead atoms. The molecule has 1 N–H and O–H groups in total. The minimum Gasteiger partial charge on any atom is -0.350 e. The molecular weight excluding hydrogens is 302 g/mol. The van der Waals surface area contributed by atoms with Crippen LogP contribution in [0, 0.1) is 0 Å². The van der Waals surface area contributed by atoms with Crippen LogP contribution in [0.3, 0.4) is 0 Å². The van der Waals surface area contributed by atoms with Gasteiger partial charge in [0.2, 0.25) is 5.76 Å². The summed E-state index contributed by atoms with van der Waals surface area (Å²) in [4.78, 5) is 14.3. The lowest BCUT2D eigenvalue weighted by molar-refractivity contribution is 0.0661.